The fraction of sp³-hybridized carbons (Fsp3) is 0.571. The minimum absolute atomic E-state index is 0.0556. The van der Waals surface area contributed by atoms with Gasteiger partial charge in [-0.1, -0.05) is 6.07 Å². The van der Waals surface area contributed by atoms with Crippen molar-refractivity contribution in [3.05, 3.63) is 23.9 Å². The van der Waals surface area contributed by atoms with Gasteiger partial charge in [-0.15, -0.1) is 0 Å². The van der Waals surface area contributed by atoms with E-state index >= 15 is 0 Å². The standard InChI is InChI=1S/C14H17F3N2O3/c1-13(7-20,9-5-6-9)19-12(21)10-3-2-4-11(18-10)22-8-14(15,16)17/h2-4,9,20H,5-8H2,1H3,(H,19,21). The van der Waals surface area contributed by atoms with E-state index in [0.29, 0.717) is 0 Å². The fourth-order valence-corrected chi connectivity index (χ4v) is 2.09. The number of aliphatic hydroxyl groups excluding tert-OH is 1. The largest absolute Gasteiger partial charge is 0.468 e. The molecule has 1 unspecified atom stereocenters. The van der Waals surface area contributed by atoms with Crippen LogP contribution >= 0.6 is 0 Å². The fourth-order valence-electron chi connectivity index (χ4n) is 2.09. The number of nitrogens with zero attached hydrogens (tertiary/aromatic N) is 1. The quantitative estimate of drug-likeness (QED) is 0.840. The molecule has 1 aromatic heterocycles. The molecule has 22 heavy (non-hydrogen) atoms. The monoisotopic (exact) mass is 318 g/mol. The number of ether oxygens (including phenoxy) is 1. The van der Waals surface area contributed by atoms with Crippen molar-refractivity contribution < 1.29 is 27.8 Å². The Morgan fingerprint density at radius 2 is 2.14 bits per heavy atom. The van der Waals surface area contributed by atoms with E-state index in [4.69, 9.17) is 0 Å². The number of pyridine rings is 1. The Kier molecular flexibility index (Phi) is 4.60. The van der Waals surface area contributed by atoms with E-state index in [1.807, 2.05) is 0 Å². The summed E-state index contributed by atoms with van der Waals surface area (Å²) in [6.07, 6.45) is -2.64. The highest BCUT2D eigenvalue weighted by Crippen LogP contribution is 2.39. The van der Waals surface area contributed by atoms with Crippen molar-refractivity contribution in [1.82, 2.24) is 10.3 Å². The SMILES string of the molecule is CC(CO)(NC(=O)c1cccc(OCC(F)(F)F)n1)C1CC1. The Balaban J connectivity index is 2.03. The maximum absolute atomic E-state index is 12.1. The number of nitrogens with one attached hydrogen (secondary N) is 1. The third-order valence-corrected chi connectivity index (χ3v) is 3.55. The summed E-state index contributed by atoms with van der Waals surface area (Å²) in [5.41, 5.74) is -0.804. The third-order valence-electron chi connectivity index (χ3n) is 3.55. The third kappa shape index (κ3) is 4.33. The van der Waals surface area contributed by atoms with Crippen molar-refractivity contribution in [2.24, 2.45) is 5.92 Å². The summed E-state index contributed by atoms with van der Waals surface area (Å²) in [6.45, 7) is 0.0434. The van der Waals surface area contributed by atoms with Crippen LogP contribution in [0.4, 0.5) is 13.2 Å². The lowest BCUT2D eigenvalue weighted by Crippen LogP contribution is -2.50. The van der Waals surface area contributed by atoms with Gasteiger partial charge in [-0.25, -0.2) is 4.98 Å². The van der Waals surface area contributed by atoms with Crippen LogP contribution in [0.15, 0.2) is 18.2 Å². The maximum Gasteiger partial charge on any atom is 0.422 e. The minimum Gasteiger partial charge on any atom is -0.468 e. The summed E-state index contributed by atoms with van der Waals surface area (Å²) in [6, 6.07) is 4.01. The molecule has 2 N–H and O–H groups in total. The maximum atomic E-state index is 12.1. The summed E-state index contributed by atoms with van der Waals surface area (Å²) in [4.78, 5) is 15.9. The summed E-state index contributed by atoms with van der Waals surface area (Å²) in [5, 5.41) is 12.1. The molecule has 0 aliphatic heterocycles. The van der Waals surface area contributed by atoms with Crippen molar-refractivity contribution in [3.8, 4) is 5.88 Å². The van der Waals surface area contributed by atoms with E-state index in [-0.39, 0.29) is 24.1 Å². The molecule has 1 atom stereocenters. The van der Waals surface area contributed by atoms with Crippen LogP contribution in [0.3, 0.4) is 0 Å². The lowest BCUT2D eigenvalue weighted by Gasteiger charge is -2.28. The van der Waals surface area contributed by atoms with Gasteiger partial charge in [0.2, 0.25) is 5.88 Å². The molecule has 8 heteroatoms. The molecule has 1 aliphatic rings. The second-order valence-corrected chi connectivity index (χ2v) is 5.57. The molecule has 1 fully saturated rings. The van der Waals surface area contributed by atoms with Crippen LogP contribution in [0.25, 0.3) is 0 Å². The van der Waals surface area contributed by atoms with Crippen molar-refractivity contribution >= 4 is 5.91 Å². The van der Waals surface area contributed by atoms with Gasteiger partial charge in [0.15, 0.2) is 6.61 Å². The predicted molar refractivity (Wildman–Crippen MR) is 71.5 cm³/mol. The molecule has 1 saturated carbocycles. The summed E-state index contributed by atoms with van der Waals surface area (Å²) < 4.78 is 40.8. The molecule has 1 aromatic rings. The van der Waals surface area contributed by atoms with Crippen LogP contribution in [0, 0.1) is 5.92 Å². The van der Waals surface area contributed by atoms with Gasteiger partial charge in [-0.2, -0.15) is 13.2 Å². The number of hydrogen-bond acceptors (Lipinski definition) is 4. The lowest BCUT2D eigenvalue weighted by molar-refractivity contribution is -0.154. The van der Waals surface area contributed by atoms with E-state index in [1.165, 1.54) is 18.2 Å². The molecule has 2 rings (SSSR count). The van der Waals surface area contributed by atoms with Gasteiger partial charge >= 0.3 is 6.18 Å². The Morgan fingerprint density at radius 3 is 2.68 bits per heavy atom. The van der Waals surface area contributed by atoms with E-state index in [0.717, 1.165) is 12.8 Å². The number of carbonyl (C=O) groups excluding carboxylic acids is 1. The number of aromatic nitrogens is 1. The van der Waals surface area contributed by atoms with E-state index < -0.39 is 24.2 Å². The van der Waals surface area contributed by atoms with Crippen molar-refractivity contribution in [2.75, 3.05) is 13.2 Å². The van der Waals surface area contributed by atoms with E-state index in [2.05, 4.69) is 15.0 Å². The predicted octanol–water partition coefficient (Wildman–Crippen LogP) is 1.91. The summed E-state index contributed by atoms with van der Waals surface area (Å²) >= 11 is 0. The molecule has 0 radical (unpaired) electrons. The highest BCUT2D eigenvalue weighted by atomic mass is 19.4. The Bertz CT molecular complexity index is 546. The summed E-state index contributed by atoms with van der Waals surface area (Å²) in [5.74, 6) is -0.630. The highest BCUT2D eigenvalue weighted by Gasteiger charge is 2.42. The van der Waals surface area contributed by atoms with Gasteiger partial charge < -0.3 is 15.2 Å². The summed E-state index contributed by atoms with van der Waals surface area (Å²) in [7, 11) is 0. The number of alkyl halides is 3. The number of carbonyl (C=O) groups is 1. The van der Waals surface area contributed by atoms with Crippen LogP contribution in [0.2, 0.25) is 0 Å². The van der Waals surface area contributed by atoms with E-state index in [1.54, 1.807) is 6.92 Å². The van der Waals surface area contributed by atoms with Crippen LogP contribution in [-0.2, 0) is 0 Å². The smallest absolute Gasteiger partial charge is 0.422 e. The van der Waals surface area contributed by atoms with Crippen LogP contribution < -0.4 is 10.1 Å². The van der Waals surface area contributed by atoms with Crippen molar-refractivity contribution in [2.45, 2.75) is 31.5 Å². The number of amides is 1. The molecule has 5 nitrogen and oxygen atoms in total. The molecule has 1 amide bonds. The lowest BCUT2D eigenvalue weighted by atomic mass is 9.97. The molecule has 122 valence electrons. The van der Waals surface area contributed by atoms with Gasteiger partial charge in [0.05, 0.1) is 12.1 Å². The molecule has 0 bridgehead atoms. The average Bonchev–Trinajstić information content (AvgIpc) is 3.29. The molecule has 1 aliphatic carbocycles. The normalized spacial score (nSPS) is 17.7. The molecule has 0 spiro atoms. The topological polar surface area (TPSA) is 71.5 Å². The zero-order valence-electron chi connectivity index (χ0n) is 12.0. The van der Waals surface area contributed by atoms with Gasteiger partial charge in [-0.3, -0.25) is 4.79 Å². The Labute approximate surface area is 125 Å². The molecular weight excluding hydrogens is 301 g/mol. The Morgan fingerprint density at radius 1 is 1.45 bits per heavy atom. The van der Waals surface area contributed by atoms with Crippen LogP contribution in [-0.4, -0.2) is 40.9 Å². The van der Waals surface area contributed by atoms with Crippen LogP contribution in [0.1, 0.15) is 30.3 Å². The second-order valence-electron chi connectivity index (χ2n) is 5.57. The highest BCUT2D eigenvalue weighted by molar-refractivity contribution is 5.93. The number of rotatable bonds is 6. The molecule has 1 heterocycles. The van der Waals surface area contributed by atoms with Gasteiger partial charge in [-0.05, 0) is 31.7 Å². The van der Waals surface area contributed by atoms with Crippen molar-refractivity contribution in [1.29, 1.82) is 0 Å². The molecule has 0 saturated heterocycles. The zero-order valence-corrected chi connectivity index (χ0v) is 12.0. The average molecular weight is 318 g/mol. The first-order valence-electron chi connectivity index (χ1n) is 6.83. The first-order chi connectivity index (χ1) is 10.2. The number of halogens is 3. The second kappa shape index (κ2) is 6.12. The van der Waals surface area contributed by atoms with Crippen LogP contribution in [0.5, 0.6) is 5.88 Å². The number of aliphatic hydroxyl groups is 1. The number of hydrogen-bond donors (Lipinski definition) is 2. The van der Waals surface area contributed by atoms with E-state index in [9.17, 15) is 23.1 Å². The molecule has 0 aromatic carbocycles. The van der Waals surface area contributed by atoms with Gasteiger partial charge in [0.25, 0.3) is 5.91 Å². The zero-order chi connectivity index (χ0) is 16.4. The van der Waals surface area contributed by atoms with Gasteiger partial charge in [0.1, 0.15) is 5.69 Å². The first kappa shape index (κ1) is 16.5. The minimum atomic E-state index is -4.47. The van der Waals surface area contributed by atoms with Gasteiger partial charge in [0, 0.05) is 6.07 Å². The Hall–Kier alpha value is -1.83. The molecular formula is C14H17F3N2O3. The van der Waals surface area contributed by atoms with Crippen molar-refractivity contribution in [3.63, 3.8) is 0 Å². The first-order valence-corrected chi connectivity index (χ1v) is 6.83.